The third kappa shape index (κ3) is 4.02. The predicted molar refractivity (Wildman–Crippen MR) is 94.6 cm³/mol. The van der Waals surface area contributed by atoms with Crippen molar-refractivity contribution < 1.29 is 18.8 Å². The molecule has 3 aromatic rings. The van der Waals surface area contributed by atoms with Crippen molar-refractivity contribution in [3.05, 3.63) is 88.7 Å². The second kappa shape index (κ2) is 7.43. The first-order valence-electron chi connectivity index (χ1n) is 7.61. The Hall–Kier alpha value is -3.74. The first-order chi connectivity index (χ1) is 12.5. The summed E-state index contributed by atoms with van der Waals surface area (Å²) in [5.74, 6) is -0.542. The van der Waals surface area contributed by atoms with Crippen LogP contribution in [0.5, 0.6) is 5.75 Å². The minimum atomic E-state index is -0.947. The minimum absolute atomic E-state index is 0.257. The van der Waals surface area contributed by atoms with Crippen LogP contribution in [0.25, 0.3) is 11.1 Å². The topological polar surface area (TPSA) is 81.5 Å². The number of nitro groups is 1. The highest BCUT2D eigenvalue weighted by molar-refractivity contribution is 5.87. The maximum Gasteiger partial charge on any atom is 0.417 e. The van der Waals surface area contributed by atoms with Crippen molar-refractivity contribution in [1.82, 2.24) is 0 Å². The summed E-state index contributed by atoms with van der Waals surface area (Å²) in [6.45, 7) is 0. The van der Waals surface area contributed by atoms with Gasteiger partial charge in [-0.3, -0.25) is 15.4 Å². The molecule has 0 aliphatic heterocycles. The van der Waals surface area contributed by atoms with Crippen LogP contribution in [-0.2, 0) is 0 Å². The van der Waals surface area contributed by atoms with Gasteiger partial charge in [-0.25, -0.2) is 9.18 Å². The molecule has 130 valence electrons. The van der Waals surface area contributed by atoms with E-state index in [-0.39, 0.29) is 17.1 Å². The van der Waals surface area contributed by atoms with E-state index in [1.807, 2.05) is 30.3 Å². The van der Waals surface area contributed by atoms with E-state index in [0.29, 0.717) is 0 Å². The molecule has 0 spiro atoms. The van der Waals surface area contributed by atoms with Crippen molar-refractivity contribution >= 4 is 17.5 Å². The molecule has 1 amide bonds. The maximum absolute atomic E-state index is 13.7. The van der Waals surface area contributed by atoms with Crippen LogP contribution in [0.1, 0.15) is 0 Å². The molecule has 0 aliphatic rings. The lowest BCUT2D eigenvalue weighted by molar-refractivity contribution is -0.384. The number of rotatable bonds is 4. The van der Waals surface area contributed by atoms with Gasteiger partial charge in [0.2, 0.25) is 0 Å². The van der Waals surface area contributed by atoms with Crippen molar-refractivity contribution in [2.75, 3.05) is 5.32 Å². The molecule has 0 fully saturated rings. The van der Waals surface area contributed by atoms with Crippen LogP contribution in [0, 0.1) is 15.9 Å². The molecule has 0 unspecified atom stereocenters. The van der Waals surface area contributed by atoms with Crippen LogP contribution in [0.4, 0.5) is 20.6 Å². The van der Waals surface area contributed by atoms with Crippen molar-refractivity contribution in [2.24, 2.45) is 0 Å². The van der Waals surface area contributed by atoms with Gasteiger partial charge in [-0.15, -0.1) is 0 Å². The van der Waals surface area contributed by atoms with Crippen LogP contribution in [0.3, 0.4) is 0 Å². The standard InChI is InChI=1S/C19H13FN2O4/c20-17-11-8-15(22(24)25)12-18(17)21-19(23)26-16-9-6-14(7-10-16)13-4-2-1-3-5-13/h1-12H,(H,21,23). The quantitative estimate of drug-likeness (QED) is 0.528. The van der Waals surface area contributed by atoms with E-state index in [4.69, 9.17) is 4.74 Å². The Balaban J connectivity index is 1.69. The summed E-state index contributed by atoms with van der Waals surface area (Å²) in [5.41, 5.74) is 1.30. The van der Waals surface area contributed by atoms with Gasteiger partial charge in [0.05, 0.1) is 10.6 Å². The van der Waals surface area contributed by atoms with E-state index < -0.39 is 16.8 Å². The summed E-state index contributed by atoms with van der Waals surface area (Å²) in [7, 11) is 0. The lowest BCUT2D eigenvalue weighted by Crippen LogP contribution is -2.17. The van der Waals surface area contributed by atoms with Gasteiger partial charge in [-0.2, -0.15) is 0 Å². The molecule has 26 heavy (non-hydrogen) atoms. The van der Waals surface area contributed by atoms with Gasteiger partial charge in [-0.05, 0) is 29.3 Å². The number of non-ortho nitro benzene ring substituents is 1. The van der Waals surface area contributed by atoms with Crippen molar-refractivity contribution in [1.29, 1.82) is 0 Å². The normalized spacial score (nSPS) is 10.2. The number of carbonyl (C=O) groups excluding carboxylic acids is 1. The van der Waals surface area contributed by atoms with E-state index in [1.54, 1.807) is 24.3 Å². The van der Waals surface area contributed by atoms with Gasteiger partial charge >= 0.3 is 6.09 Å². The summed E-state index contributed by atoms with van der Waals surface area (Å²) >= 11 is 0. The van der Waals surface area contributed by atoms with Crippen LogP contribution in [0.15, 0.2) is 72.8 Å². The number of anilines is 1. The van der Waals surface area contributed by atoms with Crippen LogP contribution in [0.2, 0.25) is 0 Å². The maximum atomic E-state index is 13.7. The highest BCUT2D eigenvalue weighted by atomic mass is 19.1. The Morgan fingerprint density at radius 1 is 0.962 bits per heavy atom. The summed E-state index contributed by atoms with van der Waals surface area (Å²) in [5, 5.41) is 12.9. The van der Waals surface area contributed by atoms with E-state index in [0.717, 1.165) is 29.3 Å². The molecule has 0 bridgehead atoms. The van der Waals surface area contributed by atoms with Gasteiger partial charge in [0.25, 0.3) is 5.69 Å². The smallest absolute Gasteiger partial charge is 0.410 e. The van der Waals surface area contributed by atoms with E-state index in [9.17, 15) is 19.3 Å². The summed E-state index contributed by atoms with van der Waals surface area (Å²) in [4.78, 5) is 21.9. The Morgan fingerprint density at radius 2 is 1.62 bits per heavy atom. The van der Waals surface area contributed by atoms with Crippen LogP contribution < -0.4 is 10.1 Å². The highest BCUT2D eigenvalue weighted by Crippen LogP contribution is 2.24. The molecule has 0 aliphatic carbocycles. The molecule has 6 nitrogen and oxygen atoms in total. The van der Waals surface area contributed by atoms with Gasteiger partial charge in [0, 0.05) is 12.1 Å². The third-order valence-electron chi connectivity index (χ3n) is 3.57. The van der Waals surface area contributed by atoms with Gasteiger partial charge in [0.15, 0.2) is 0 Å². The molecule has 3 rings (SSSR count). The zero-order valence-electron chi connectivity index (χ0n) is 13.4. The van der Waals surface area contributed by atoms with E-state index in [1.165, 1.54) is 0 Å². The number of nitro benzene ring substituents is 1. The molecule has 7 heteroatoms. The SMILES string of the molecule is O=C(Nc1cc([N+](=O)[O-])ccc1F)Oc1ccc(-c2ccccc2)cc1. The number of halogens is 1. The summed E-state index contributed by atoms with van der Waals surface area (Å²) in [6, 6.07) is 19.3. The monoisotopic (exact) mass is 352 g/mol. The molecule has 0 radical (unpaired) electrons. The molecular weight excluding hydrogens is 339 g/mol. The summed E-state index contributed by atoms with van der Waals surface area (Å²) in [6.07, 6.45) is -0.947. The molecule has 3 aromatic carbocycles. The average Bonchev–Trinajstić information content (AvgIpc) is 2.64. The molecule has 1 N–H and O–H groups in total. The number of nitrogens with zero attached hydrogens (tertiary/aromatic N) is 1. The largest absolute Gasteiger partial charge is 0.417 e. The zero-order chi connectivity index (χ0) is 18.5. The Labute approximate surface area is 148 Å². The molecule has 0 atom stereocenters. The van der Waals surface area contributed by atoms with Gasteiger partial charge < -0.3 is 4.74 Å². The average molecular weight is 352 g/mol. The minimum Gasteiger partial charge on any atom is -0.410 e. The van der Waals surface area contributed by atoms with Crippen LogP contribution >= 0.6 is 0 Å². The van der Waals surface area contributed by atoms with Crippen molar-refractivity contribution in [2.45, 2.75) is 0 Å². The first kappa shape index (κ1) is 17.1. The fraction of sp³-hybridized carbons (Fsp3) is 0. The fourth-order valence-electron chi connectivity index (χ4n) is 2.31. The molecule has 0 saturated heterocycles. The number of hydrogen-bond donors (Lipinski definition) is 1. The third-order valence-corrected chi connectivity index (χ3v) is 3.57. The van der Waals surface area contributed by atoms with Gasteiger partial charge in [0.1, 0.15) is 11.6 Å². The second-order valence-corrected chi connectivity index (χ2v) is 5.33. The lowest BCUT2D eigenvalue weighted by atomic mass is 10.1. The summed E-state index contributed by atoms with van der Waals surface area (Å²) < 4.78 is 18.8. The number of ether oxygens (including phenoxy) is 1. The molecular formula is C19H13FN2O4. The van der Waals surface area contributed by atoms with Crippen molar-refractivity contribution in [3.8, 4) is 16.9 Å². The number of amides is 1. The van der Waals surface area contributed by atoms with Crippen LogP contribution in [-0.4, -0.2) is 11.0 Å². The number of carbonyl (C=O) groups is 1. The van der Waals surface area contributed by atoms with E-state index >= 15 is 0 Å². The van der Waals surface area contributed by atoms with E-state index in [2.05, 4.69) is 5.32 Å². The lowest BCUT2D eigenvalue weighted by Gasteiger charge is -2.08. The van der Waals surface area contributed by atoms with Crippen molar-refractivity contribution in [3.63, 3.8) is 0 Å². The number of nitrogens with one attached hydrogen (secondary N) is 1. The Morgan fingerprint density at radius 3 is 2.27 bits per heavy atom. The molecule has 0 saturated carbocycles. The van der Waals surface area contributed by atoms with Gasteiger partial charge in [-0.1, -0.05) is 42.5 Å². The fourth-order valence-corrected chi connectivity index (χ4v) is 2.31. The number of benzene rings is 3. The molecule has 0 heterocycles. The Kier molecular flexibility index (Phi) is 4.89. The Bertz CT molecular complexity index is 944. The predicted octanol–water partition coefficient (Wildman–Crippen LogP) is 5.01. The second-order valence-electron chi connectivity index (χ2n) is 5.33. The number of hydrogen-bond acceptors (Lipinski definition) is 4. The zero-order valence-corrected chi connectivity index (χ0v) is 13.4. The molecule has 0 aromatic heterocycles. The highest BCUT2D eigenvalue weighted by Gasteiger charge is 2.14. The first-order valence-corrected chi connectivity index (χ1v) is 7.61.